The van der Waals surface area contributed by atoms with Gasteiger partial charge >= 0.3 is 6.18 Å². The highest BCUT2D eigenvalue weighted by Crippen LogP contribution is 2.36. The van der Waals surface area contributed by atoms with E-state index in [9.17, 15) is 22.8 Å². The van der Waals surface area contributed by atoms with Gasteiger partial charge in [0.05, 0.1) is 23.9 Å². The molecule has 1 aromatic heterocycles. The Balaban J connectivity index is 1.82. The number of amides is 2. The number of anilines is 2. The summed E-state index contributed by atoms with van der Waals surface area (Å²) < 4.78 is 45.7. The van der Waals surface area contributed by atoms with Crippen molar-refractivity contribution in [2.45, 2.75) is 32.9 Å². The number of benzene rings is 2. The van der Waals surface area contributed by atoms with Crippen molar-refractivity contribution in [1.29, 1.82) is 0 Å². The van der Waals surface area contributed by atoms with Gasteiger partial charge < -0.3 is 15.1 Å². The molecule has 29 heavy (non-hydrogen) atoms. The van der Waals surface area contributed by atoms with E-state index >= 15 is 0 Å². The van der Waals surface area contributed by atoms with Crippen LogP contribution in [0.1, 0.15) is 30.5 Å². The Morgan fingerprint density at radius 1 is 1.07 bits per heavy atom. The highest BCUT2D eigenvalue weighted by molar-refractivity contribution is 5.96. The minimum atomic E-state index is -4.70. The van der Waals surface area contributed by atoms with Gasteiger partial charge in [-0.2, -0.15) is 13.2 Å². The van der Waals surface area contributed by atoms with Crippen LogP contribution in [-0.4, -0.2) is 11.8 Å². The Labute approximate surface area is 164 Å². The van der Waals surface area contributed by atoms with E-state index in [1.54, 1.807) is 0 Å². The van der Waals surface area contributed by atoms with Gasteiger partial charge in [-0.05, 0) is 36.2 Å². The van der Waals surface area contributed by atoms with Gasteiger partial charge in [-0.1, -0.05) is 19.1 Å². The lowest BCUT2D eigenvalue weighted by molar-refractivity contribution is -0.137. The van der Waals surface area contributed by atoms with E-state index in [-0.39, 0.29) is 17.8 Å². The summed E-state index contributed by atoms with van der Waals surface area (Å²) in [6, 6.07) is 8.83. The third-order valence-electron chi connectivity index (χ3n) is 4.40. The standard InChI is InChI=1S/C21H19F3N2O3/c1-3-13-4-6-16-14(11-29-19(16)8-13)9-20(28)26-18-7-5-15(25-12(2)27)10-17(18)21(22,23)24/h4-8,10-11H,3,9H2,1-2H3,(H,25,27)(H,26,28). The Kier molecular flexibility index (Phi) is 5.63. The van der Waals surface area contributed by atoms with Gasteiger partial charge in [-0.15, -0.1) is 0 Å². The third kappa shape index (κ3) is 4.77. The maximum absolute atomic E-state index is 13.4. The molecule has 5 nitrogen and oxygen atoms in total. The number of alkyl halides is 3. The molecule has 0 atom stereocenters. The predicted molar refractivity (Wildman–Crippen MR) is 104 cm³/mol. The summed E-state index contributed by atoms with van der Waals surface area (Å²) in [6.45, 7) is 3.20. The van der Waals surface area contributed by atoms with Crippen molar-refractivity contribution in [1.82, 2.24) is 0 Å². The van der Waals surface area contributed by atoms with E-state index in [1.807, 2.05) is 25.1 Å². The molecule has 3 rings (SSSR count). The van der Waals surface area contributed by atoms with E-state index in [4.69, 9.17) is 4.42 Å². The first kappa shape index (κ1) is 20.4. The molecule has 0 aliphatic carbocycles. The van der Waals surface area contributed by atoms with Crippen LogP contribution >= 0.6 is 0 Å². The van der Waals surface area contributed by atoms with Crippen molar-refractivity contribution in [3.63, 3.8) is 0 Å². The summed E-state index contributed by atoms with van der Waals surface area (Å²) in [4.78, 5) is 23.5. The number of halogens is 3. The molecule has 0 aliphatic heterocycles. The van der Waals surface area contributed by atoms with Gasteiger partial charge in [0.1, 0.15) is 5.58 Å². The molecule has 0 aliphatic rings. The van der Waals surface area contributed by atoms with E-state index in [0.717, 1.165) is 29.5 Å². The van der Waals surface area contributed by atoms with E-state index in [0.29, 0.717) is 11.1 Å². The molecule has 0 saturated heterocycles. The zero-order valence-corrected chi connectivity index (χ0v) is 15.8. The molecule has 152 valence electrons. The summed E-state index contributed by atoms with van der Waals surface area (Å²) >= 11 is 0. The van der Waals surface area contributed by atoms with Crippen molar-refractivity contribution in [3.8, 4) is 0 Å². The maximum atomic E-state index is 13.4. The maximum Gasteiger partial charge on any atom is 0.418 e. The van der Waals surface area contributed by atoms with Crippen LogP contribution in [0.2, 0.25) is 0 Å². The first-order valence-corrected chi connectivity index (χ1v) is 8.95. The summed E-state index contributed by atoms with van der Waals surface area (Å²) in [6.07, 6.45) is -2.56. The van der Waals surface area contributed by atoms with E-state index < -0.39 is 23.6 Å². The van der Waals surface area contributed by atoms with E-state index in [1.165, 1.54) is 19.3 Å². The second-order valence-electron chi connectivity index (χ2n) is 6.61. The molecular weight excluding hydrogens is 385 g/mol. The highest BCUT2D eigenvalue weighted by Gasteiger charge is 2.34. The average Bonchev–Trinajstić information content (AvgIpc) is 3.03. The Morgan fingerprint density at radius 2 is 1.83 bits per heavy atom. The van der Waals surface area contributed by atoms with Gasteiger partial charge in [0.15, 0.2) is 0 Å². The number of carbonyl (C=O) groups excluding carboxylic acids is 2. The molecule has 2 N–H and O–H groups in total. The number of nitrogens with one attached hydrogen (secondary N) is 2. The Hall–Kier alpha value is -3.29. The molecule has 3 aromatic rings. The lowest BCUT2D eigenvalue weighted by atomic mass is 10.1. The quantitative estimate of drug-likeness (QED) is 0.618. The number of fused-ring (bicyclic) bond motifs is 1. The molecule has 2 amide bonds. The van der Waals surface area contributed by atoms with Crippen LogP contribution in [0.4, 0.5) is 24.5 Å². The fourth-order valence-corrected chi connectivity index (χ4v) is 3.02. The van der Waals surface area contributed by atoms with Gasteiger partial charge in [0.2, 0.25) is 11.8 Å². The number of furan rings is 1. The topological polar surface area (TPSA) is 71.3 Å². The third-order valence-corrected chi connectivity index (χ3v) is 4.40. The average molecular weight is 404 g/mol. The number of hydrogen-bond acceptors (Lipinski definition) is 3. The predicted octanol–water partition coefficient (Wildman–Crippen LogP) is 5.15. The molecule has 0 unspecified atom stereocenters. The summed E-state index contributed by atoms with van der Waals surface area (Å²) in [5, 5.41) is 5.35. The normalized spacial score (nSPS) is 11.5. The van der Waals surface area contributed by atoms with Gasteiger partial charge in [-0.25, -0.2) is 0 Å². The SMILES string of the molecule is CCc1ccc2c(CC(=O)Nc3ccc(NC(C)=O)cc3C(F)(F)F)coc2c1. The zero-order chi connectivity index (χ0) is 21.2. The Bertz CT molecular complexity index is 1070. The monoisotopic (exact) mass is 404 g/mol. The van der Waals surface area contributed by atoms with Crippen LogP contribution in [0.3, 0.4) is 0 Å². The van der Waals surface area contributed by atoms with Crippen LogP contribution < -0.4 is 10.6 Å². The number of aryl methyl sites for hydroxylation is 1. The molecule has 0 fully saturated rings. The number of hydrogen-bond donors (Lipinski definition) is 2. The number of carbonyl (C=O) groups is 2. The van der Waals surface area contributed by atoms with Crippen LogP contribution in [0.5, 0.6) is 0 Å². The van der Waals surface area contributed by atoms with Crippen LogP contribution in [0.15, 0.2) is 47.1 Å². The largest absolute Gasteiger partial charge is 0.464 e. The summed E-state index contributed by atoms with van der Waals surface area (Å²) in [5.74, 6) is -1.10. The minimum Gasteiger partial charge on any atom is -0.464 e. The second kappa shape index (κ2) is 7.98. The molecule has 0 bridgehead atoms. The molecule has 8 heteroatoms. The first-order valence-electron chi connectivity index (χ1n) is 8.95. The molecule has 0 spiro atoms. The zero-order valence-electron chi connectivity index (χ0n) is 15.8. The fourth-order valence-electron chi connectivity index (χ4n) is 3.02. The van der Waals surface area contributed by atoms with Crippen molar-refractivity contribution in [2.75, 3.05) is 10.6 Å². The lowest BCUT2D eigenvalue weighted by Crippen LogP contribution is -2.18. The van der Waals surface area contributed by atoms with Crippen LogP contribution in [0.25, 0.3) is 11.0 Å². The molecule has 0 saturated carbocycles. The second-order valence-corrected chi connectivity index (χ2v) is 6.61. The fraction of sp³-hybridized carbons (Fsp3) is 0.238. The molecule has 0 radical (unpaired) electrons. The summed E-state index contributed by atoms with van der Waals surface area (Å²) in [7, 11) is 0. The van der Waals surface area contributed by atoms with Gasteiger partial charge in [0, 0.05) is 23.6 Å². The van der Waals surface area contributed by atoms with Crippen LogP contribution in [-0.2, 0) is 28.6 Å². The lowest BCUT2D eigenvalue weighted by Gasteiger charge is -2.15. The van der Waals surface area contributed by atoms with Crippen molar-refractivity contribution in [3.05, 3.63) is 59.4 Å². The van der Waals surface area contributed by atoms with Crippen molar-refractivity contribution >= 4 is 34.2 Å². The smallest absolute Gasteiger partial charge is 0.418 e. The van der Waals surface area contributed by atoms with Gasteiger partial charge in [-0.3, -0.25) is 9.59 Å². The molecule has 2 aromatic carbocycles. The van der Waals surface area contributed by atoms with Crippen molar-refractivity contribution < 1.29 is 27.2 Å². The first-order chi connectivity index (χ1) is 13.7. The number of rotatable bonds is 5. The Morgan fingerprint density at radius 3 is 2.48 bits per heavy atom. The highest BCUT2D eigenvalue weighted by atomic mass is 19.4. The van der Waals surface area contributed by atoms with Crippen LogP contribution in [0, 0.1) is 0 Å². The van der Waals surface area contributed by atoms with Gasteiger partial charge in [0.25, 0.3) is 0 Å². The van der Waals surface area contributed by atoms with E-state index in [2.05, 4.69) is 10.6 Å². The molecular formula is C21H19F3N2O3. The minimum absolute atomic E-state index is 0.00428. The van der Waals surface area contributed by atoms with Crippen molar-refractivity contribution in [2.24, 2.45) is 0 Å². The summed E-state index contributed by atoms with van der Waals surface area (Å²) in [5.41, 5.74) is 0.873. The molecule has 1 heterocycles.